The van der Waals surface area contributed by atoms with Crippen LogP contribution in [0.1, 0.15) is 50.1 Å². The van der Waals surface area contributed by atoms with Crippen molar-refractivity contribution in [3.8, 4) is 22.9 Å². The molecule has 11 heterocycles. The molecule has 0 spiro atoms. The summed E-state index contributed by atoms with van der Waals surface area (Å²) in [7, 11) is 1.60. The lowest BCUT2D eigenvalue weighted by molar-refractivity contribution is -0.134. The van der Waals surface area contributed by atoms with Gasteiger partial charge in [0.15, 0.2) is 5.82 Å². The van der Waals surface area contributed by atoms with Crippen LogP contribution in [-0.2, 0) is 14.4 Å². The minimum atomic E-state index is -0.923. The summed E-state index contributed by atoms with van der Waals surface area (Å²) in [6.07, 6.45) is 6.42. The molecule has 1 aliphatic carbocycles. The number of rotatable bonds is 6. The van der Waals surface area contributed by atoms with Crippen molar-refractivity contribution >= 4 is 73.9 Å². The number of amides is 3. The quantitative estimate of drug-likeness (QED) is 0.121. The summed E-state index contributed by atoms with van der Waals surface area (Å²) in [5.41, 5.74) is 5.35. The summed E-state index contributed by atoms with van der Waals surface area (Å²) >= 11 is 0. The molecule has 15 rings (SSSR count). The molecule has 16 heteroatoms. The molecular weight excluding hydrogens is 765 g/mol. The Morgan fingerprint density at radius 2 is 1.72 bits per heavy atom. The van der Waals surface area contributed by atoms with Crippen molar-refractivity contribution in [1.29, 1.82) is 0 Å². The molecule has 4 fully saturated rings. The number of hydrogen-bond donors (Lipinski definition) is 4. The second-order valence-corrected chi connectivity index (χ2v) is 16.4. The Morgan fingerprint density at radius 3 is 2.47 bits per heavy atom. The molecule has 6 aromatic rings. The number of aromatic nitrogens is 4. The van der Waals surface area contributed by atoms with Crippen molar-refractivity contribution in [3.63, 3.8) is 0 Å². The number of imide groups is 1. The van der Waals surface area contributed by atoms with Gasteiger partial charge in [0.05, 0.1) is 46.9 Å². The van der Waals surface area contributed by atoms with Crippen molar-refractivity contribution in [2.24, 2.45) is 0 Å². The van der Waals surface area contributed by atoms with Crippen LogP contribution in [0.2, 0.25) is 0 Å². The second kappa shape index (κ2) is 13.6. The molecule has 3 saturated heterocycles. The highest BCUT2D eigenvalue weighted by molar-refractivity contribution is 6.13. The molecule has 8 aliphatic heterocycles. The Balaban J connectivity index is 1.09. The summed E-state index contributed by atoms with van der Waals surface area (Å²) < 4.78 is 9.17. The van der Waals surface area contributed by atoms with Gasteiger partial charge in [0.25, 0.3) is 0 Å². The molecule has 1 saturated carbocycles. The number of piperidine rings is 1. The molecule has 1 atom stereocenters. The standard InChI is InChI=1S/C44H44N10O6/c1-24(55)53-34-11-9-29-40(39(34)28-10-12-38(56)48-41(28)57)43(58)54(59)42(29)51-21-26(22-51)49-15-17-50(18-16-49)35-20-37(60-2)32(19-36(35)53)47-44-45-14-13-31(46-44)30-23-52(25-7-8-25)33-6-4-3-5-27(30)33/h3-6,9,11,13-14,19-20,23,25-26,28,58-59H,7-8,10,12,15-18,21-22H2,1-2H3,(H,45,46,47)(H,48,56,57). The van der Waals surface area contributed by atoms with Gasteiger partial charge in [0.2, 0.25) is 29.5 Å². The maximum Gasteiger partial charge on any atom is 0.235 e. The number of piperazine rings is 1. The normalized spacial score (nSPS) is 21.2. The molecule has 60 heavy (non-hydrogen) atoms. The largest absolute Gasteiger partial charge is 0.494 e. The van der Waals surface area contributed by atoms with Crippen LogP contribution in [0.4, 0.5) is 34.5 Å². The van der Waals surface area contributed by atoms with Crippen molar-refractivity contribution in [3.05, 3.63) is 72.6 Å². The van der Waals surface area contributed by atoms with E-state index in [4.69, 9.17) is 9.72 Å². The van der Waals surface area contributed by atoms with Crippen molar-refractivity contribution < 1.29 is 29.4 Å². The van der Waals surface area contributed by atoms with Crippen LogP contribution in [0, 0.1) is 0 Å². The summed E-state index contributed by atoms with van der Waals surface area (Å²) in [6, 6.07) is 18.3. The van der Waals surface area contributed by atoms with Crippen LogP contribution < -0.4 is 30.1 Å². The summed E-state index contributed by atoms with van der Waals surface area (Å²) in [5, 5.41) is 31.0. The van der Waals surface area contributed by atoms with E-state index in [1.165, 1.54) is 12.4 Å². The average molecular weight is 809 g/mol. The van der Waals surface area contributed by atoms with Crippen molar-refractivity contribution in [2.75, 3.05) is 66.4 Å². The van der Waals surface area contributed by atoms with E-state index in [1.807, 2.05) is 29.2 Å². The molecule has 1 unspecified atom stereocenters. The smallest absolute Gasteiger partial charge is 0.235 e. The van der Waals surface area contributed by atoms with Gasteiger partial charge in [-0.1, -0.05) is 18.2 Å². The van der Waals surface area contributed by atoms with Crippen LogP contribution >= 0.6 is 0 Å². The fraction of sp³-hybridized carbons (Fsp3) is 0.341. The van der Waals surface area contributed by atoms with Gasteiger partial charge in [0.1, 0.15) is 5.75 Å². The Morgan fingerprint density at radius 1 is 0.917 bits per heavy atom. The molecular formula is C44H44N10O6. The number of methoxy groups -OCH3 is 1. The van der Waals surface area contributed by atoms with Gasteiger partial charge in [-0.3, -0.25) is 29.5 Å². The Hall–Kier alpha value is -6.81. The zero-order chi connectivity index (χ0) is 41.0. The zero-order valence-electron chi connectivity index (χ0n) is 33.3. The van der Waals surface area contributed by atoms with E-state index in [-0.39, 0.29) is 30.2 Å². The van der Waals surface area contributed by atoms with Crippen LogP contribution in [0.25, 0.3) is 32.9 Å². The van der Waals surface area contributed by atoms with Gasteiger partial charge in [-0.25, -0.2) is 9.97 Å². The fourth-order valence-corrected chi connectivity index (χ4v) is 9.84. The number of anilines is 6. The minimum absolute atomic E-state index is 0.0686. The molecule has 3 aromatic carbocycles. The number of nitrogens with one attached hydrogen (secondary N) is 2. The molecule has 3 aromatic heterocycles. The summed E-state index contributed by atoms with van der Waals surface area (Å²) in [4.78, 5) is 58.5. The first-order valence-corrected chi connectivity index (χ1v) is 20.6. The van der Waals surface area contributed by atoms with Gasteiger partial charge in [0, 0.05) is 111 Å². The van der Waals surface area contributed by atoms with E-state index in [9.17, 15) is 24.7 Å². The second-order valence-electron chi connectivity index (χ2n) is 16.4. The number of aromatic hydroxyl groups is 1. The highest BCUT2D eigenvalue weighted by Gasteiger charge is 2.41. The van der Waals surface area contributed by atoms with Crippen molar-refractivity contribution in [2.45, 2.75) is 50.6 Å². The number of fused-ring (bicyclic) bond motifs is 1. The van der Waals surface area contributed by atoms with Crippen LogP contribution in [0.3, 0.4) is 0 Å². The maximum absolute atomic E-state index is 14.3. The highest BCUT2D eigenvalue weighted by Crippen LogP contribution is 2.51. The predicted molar refractivity (Wildman–Crippen MR) is 226 cm³/mol. The first-order chi connectivity index (χ1) is 29.2. The summed E-state index contributed by atoms with van der Waals surface area (Å²) in [5.74, 6) is -1.41. The van der Waals surface area contributed by atoms with Crippen LogP contribution in [0.5, 0.6) is 11.6 Å². The molecule has 16 nitrogen and oxygen atoms in total. The first kappa shape index (κ1) is 36.3. The predicted octanol–water partition coefficient (Wildman–Crippen LogP) is 5.61. The molecule has 306 valence electrons. The first-order valence-electron chi connectivity index (χ1n) is 20.6. The molecule has 4 N–H and O–H groups in total. The Bertz CT molecular complexity index is 2780. The lowest BCUT2D eigenvalue weighted by Crippen LogP contribution is -2.63. The van der Waals surface area contributed by atoms with E-state index in [1.54, 1.807) is 30.3 Å². The molecule has 0 radical (unpaired) electrons. The van der Waals surface area contributed by atoms with Crippen LogP contribution in [-0.4, -0.2) is 105 Å². The fourth-order valence-electron chi connectivity index (χ4n) is 9.84. The van der Waals surface area contributed by atoms with Crippen LogP contribution in [0.15, 0.2) is 67.0 Å². The number of para-hydroxylation sites is 1. The van der Waals surface area contributed by atoms with Gasteiger partial charge < -0.3 is 34.7 Å². The molecule has 9 aliphatic rings. The van der Waals surface area contributed by atoms with Gasteiger partial charge in [-0.05, 0) is 49.6 Å². The summed E-state index contributed by atoms with van der Waals surface area (Å²) in [6.45, 7) is 5.61. The van der Waals surface area contributed by atoms with Gasteiger partial charge in [-0.2, -0.15) is 0 Å². The van der Waals surface area contributed by atoms with Crippen molar-refractivity contribution in [1.82, 2.24) is 29.5 Å². The number of carbonyl (C=O) groups excluding carboxylic acids is 3. The molecule has 3 amide bonds. The number of carbonyl (C=O) groups is 3. The third kappa shape index (κ3) is 5.64. The van der Waals surface area contributed by atoms with E-state index in [0.29, 0.717) is 77.7 Å². The topological polar surface area (TPSA) is 174 Å². The van der Waals surface area contributed by atoms with Gasteiger partial charge >= 0.3 is 0 Å². The zero-order valence-corrected chi connectivity index (χ0v) is 33.3. The Kier molecular flexibility index (Phi) is 8.24. The van der Waals surface area contributed by atoms with E-state index in [2.05, 4.69) is 54.4 Å². The average Bonchev–Trinajstić information content (AvgIpc) is 3.96. The Labute approximate surface area is 344 Å². The number of nitrogens with zero attached hydrogens (tertiary/aromatic N) is 8. The van der Waals surface area contributed by atoms with E-state index >= 15 is 0 Å². The van der Waals surface area contributed by atoms with Gasteiger partial charge in [-0.15, -0.1) is 4.73 Å². The highest BCUT2D eigenvalue weighted by atomic mass is 16.5. The maximum atomic E-state index is 14.3. The SMILES string of the molecule is COc1cc2c(cc1Nc1nccc(-c3cn(C4CC4)c4ccccc34)n1)N(C(C)=O)c1ccc3c(n(O)c(O)c3c1C1CCC(=O)NC1=O)N1CC(C1)N1CCN2CC1. The number of ether oxygens (including phenoxy) is 1. The molecule has 8 bridgehead atoms. The van der Waals surface area contributed by atoms with E-state index < -0.39 is 23.6 Å². The van der Waals surface area contributed by atoms with E-state index in [0.717, 1.165) is 53.0 Å². The lowest BCUT2D eigenvalue weighted by Gasteiger charge is -2.49. The number of benzene rings is 3. The monoisotopic (exact) mass is 808 g/mol. The third-order valence-electron chi connectivity index (χ3n) is 13.0. The lowest BCUT2D eigenvalue weighted by atomic mass is 9.86. The minimum Gasteiger partial charge on any atom is -0.494 e. The number of hydrogen-bond acceptors (Lipinski definition) is 12. The third-order valence-corrected chi connectivity index (χ3v) is 13.0.